The van der Waals surface area contributed by atoms with Gasteiger partial charge in [-0.05, 0) is 18.6 Å². The van der Waals surface area contributed by atoms with E-state index in [4.69, 9.17) is 0 Å². The number of esters is 1. The average molecular weight is 516 g/mol. The molecule has 12 nitrogen and oxygen atoms in total. The molecule has 0 fully saturated rings. The van der Waals surface area contributed by atoms with Crippen LogP contribution in [0.5, 0.6) is 6.01 Å². The molecule has 0 aliphatic rings. The Morgan fingerprint density at radius 3 is 2.38 bits per heavy atom. The molecule has 1 aromatic heterocycles. The molecule has 182 valence electrons. The van der Waals surface area contributed by atoms with Gasteiger partial charge in [-0.25, -0.2) is 22.7 Å². The summed E-state index contributed by atoms with van der Waals surface area (Å²) in [6, 6.07) is 1.92. The van der Waals surface area contributed by atoms with Crippen molar-refractivity contribution in [1.29, 1.82) is 0 Å². The summed E-state index contributed by atoms with van der Waals surface area (Å²) in [5.41, 5.74) is -0.160. The minimum absolute atomic E-state index is 0. The fourth-order valence-corrected chi connectivity index (χ4v) is 3.72. The molecule has 0 unspecified atom stereocenters. The number of carbonyl (C=O) groups is 2. The summed E-state index contributed by atoms with van der Waals surface area (Å²) in [6.07, 6.45) is -4.67. The van der Waals surface area contributed by atoms with E-state index in [1.165, 1.54) is 44.1 Å². The Kier molecular flexibility index (Phi) is 10.0. The van der Waals surface area contributed by atoms with Crippen LogP contribution in [-0.2, 0) is 14.8 Å². The maximum Gasteiger partial charge on any atom is 1.00 e. The van der Waals surface area contributed by atoms with Crippen molar-refractivity contribution in [3.63, 3.8) is 0 Å². The number of ether oxygens (including phenoxy) is 2. The van der Waals surface area contributed by atoms with Gasteiger partial charge in [0, 0.05) is 14.1 Å². The fourth-order valence-electron chi connectivity index (χ4n) is 2.39. The van der Waals surface area contributed by atoms with Gasteiger partial charge in [-0.1, -0.05) is 12.1 Å². The molecular weight excluding hydrogens is 496 g/mol. The second kappa shape index (κ2) is 11.6. The molecule has 1 heterocycles. The standard InChI is InChI=1S/C17H19F3N6O6S.Na.H/c1-9-6-5-7-10(12(27)31-4)11(9)33(29,30)25-15(28)22-13-21-14(26(2)3)24-16(23-13)32-8-17(18,19)20;;/h5-7H,8H2,1-4H3,(H2,21,22,23,24,25,28);;/q;+1;-1. The zero-order valence-electron chi connectivity index (χ0n) is 19.7. The van der Waals surface area contributed by atoms with Gasteiger partial charge < -0.3 is 15.8 Å². The van der Waals surface area contributed by atoms with Gasteiger partial charge in [0.25, 0.3) is 10.0 Å². The Labute approximate surface area is 216 Å². The number of anilines is 2. The smallest absolute Gasteiger partial charge is 1.00 e. The number of alkyl halides is 3. The molecule has 2 rings (SSSR count). The van der Waals surface area contributed by atoms with Gasteiger partial charge in [-0.3, -0.25) is 5.32 Å². The average Bonchev–Trinajstić information content (AvgIpc) is 2.70. The second-order valence-electron chi connectivity index (χ2n) is 6.54. The Balaban J connectivity index is 0.00000578. The van der Waals surface area contributed by atoms with Crippen LogP contribution in [0.15, 0.2) is 23.1 Å². The number of sulfonamides is 1. The van der Waals surface area contributed by atoms with E-state index in [2.05, 4.69) is 24.4 Å². The number of nitrogens with zero attached hydrogens (tertiary/aromatic N) is 4. The van der Waals surface area contributed by atoms with Crippen molar-refractivity contribution >= 4 is 33.9 Å². The summed E-state index contributed by atoms with van der Waals surface area (Å²) < 4.78 is 73.5. The number of amides is 2. The topological polar surface area (TPSA) is 153 Å². The third kappa shape index (κ3) is 7.96. The molecular formula is C17H20F3N6NaO6S. The molecule has 2 N–H and O–H groups in total. The summed E-state index contributed by atoms with van der Waals surface area (Å²) in [5.74, 6) is -1.71. The Bertz CT molecular complexity index is 1170. The van der Waals surface area contributed by atoms with Gasteiger partial charge in [-0.2, -0.15) is 28.1 Å². The molecule has 0 bridgehead atoms. The van der Waals surface area contributed by atoms with Gasteiger partial charge in [0.2, 0.25) is 11.9 Å². The minimum atomic E-state index is -4.67. The van der Waals surface area contributed by atoms with Crippen LogP contribution in [0.25, 0.3) is 0 Å². The van der Waals surface area contributed by atoms with Crippen molar-refractivity contribution in [2.45, 2.75) is 18.0 Å². The Morgan fingerprint density at radius 2 is 1.82 bits per heavy atom. The molecule has 17 heteroatoms. The van der Waals surface area contributed by atoms with Crippen LogP contribution in [0.3, 0.4) is 0 Å². The number of urea groups is 1. The van der Waals surface area contributed by atoms with Crippen molar-refractivity contribution in [1.82, 2.24) is 19.7 Å². The van der Waals surface area contributed by atoms with Crippen LogP contribution in [0.4, 0.5) is 29.9 Å². The zero-order valence-corrected chi connectivity index (χ0v) is 21.5. The summed E-state index contributed by atoms with van der Waals surface area (Å²) in [4.78, 5) is 36.0. The van der Waals surface area contributed by atoms with Crippen LogP contribution < -0.4 is 49.2 Å². The number of carbonyl (C=O) groups excluding carboxylic acids is 2. The van der Waals surface area contributed by atoms with Gasteiger partial charge >= 0.3 is 53.7 Å². The van der Waals surface area contributed by atoms with Crippen molar-refractivity contribution in [3.8, 4) is 6.01 Å². The Hall–Kier alpha value is -2.69. The number of hydrogen-bond donors (Lipinski definition) is 2. The van der Waals surface area contributed by atoms with Crippen LogP contribution in [0.2, 0.25) is 0 Å². The van der Waals surface area contributed by atoms with E-state index in [9.17, 15) is 31.2 Å². The molecule has 0 saturated heterocycles. The zero-order chi connectivity index (χ0) is 25.0. The van der Waals surface area contributed by atoms with Gasteiger partial charge in [0.15, 0.2) is 6.61 Å². The van der Waals surface area contributed by atoms with Crippen LogP contribution >= 0.6 is 0 Å². The third-order valence-electron chi connectivity index (χ3n) is 3.71. The van der Waals surface area contributed by atoms with E-state index < -0.39 is 51.7 Å². The second-order valence-corrected chi connectivity index (χ2v) is 8.16. The molecule has 0 aliphatic heterocycles. The summed E-state index contributed by atoms with van der Waals surface area (Å²) in [5, 5.41) is 1.99. The van der Waals surface area contributed by atoms with Crippen LogP contribution in [0, 0.1) is 6.92 Å². The van der Waals surface area contributed by atoms with E-state index in [1.54, 1.807) is 4.72 Å². The van der Waals surface area contributed by atoms with E-state index in [0.717, 1.165) is 7.11 Å². The number of nitrogens with one attached hydrogen (secondary N) is 2. The first-order valence-electron chi connectivity index (χ1n) is 8.88. The summed E-state index contributed by atoms with van der Waals surface area (Å²) in [6.45, 7) is -0.300. The monoisotopic (exact) mass is 516 g/mol. The maximum atomic E-state index is 12.8. The molecule has 0 radical (unpaired) electrons. The molecule has 34 heavy (non-hydrogen) atoms. The third-order valence-corrected chi connectivity index (χ3v) is 5.24. The predicted octanol–water partition coefficient (Wildman–Crippen LogP) is -1.40. The number of halogens is 3. The maximum absolute atomic E-state index is 12.8. The largest absolute Gasteiger partial charge is 1.00 e. The van der Waals surface area contributed by atoms with Crippen molar-refractivity contribution in [3.05, 3.63) is 29.3 Å². The van der Waals surface area contributed by atoms with Crippen LogP contribution in [0.1, 0.15) is 17.3 Å². The summed E-state index contributed by atoms with van der Waals surface area (Å²) >= 11 is 0. The summed E-state index contributed by atoms with van der Waals surface area (Å²) in [7, 11) is -0.604. The van der Waals surface area contributed by atoms with E-state index in [1.807, 2.05) is 5.32 Å². The van der Waals surface area contributed by atoms with Gasteiger partial charge in [0.1, 0.15) is 4.90 Å². The van der Waals surface area contributed by atoms with E-state index in [-0.39, 0.29) is 48.1 Å². The quantitative estimate of drug-likeness (QED) is 0.332. The first-order chi connectivity index (χ1) is 15.2. The van der Waals surface area contributed by atoms with Crippen molar-refractivity contribution in [2.75, 3.05) is 38.0 Å². The normalized spacial score (nSPS) is 11.1. The number of methoxy groups -OCH3 is 1. The molecule has 0 spiro atoms. The molecule has 0 atom stereocenters. The number of hydrogen-bond acceptors (Lipinski definition) is 10. The molecule has 0 saturated carbocycles. The van der Waals surface area contributed by atoms with E-state index in [0.29, 0.717) is 0 Å². The Morgan fingerprint density at radius 1 is 1.18 bits per heavy atom. The molecule has 0 aliphatic carbocycles. The molecule has 2 amide bonds. The van der Waals surface area contributed by atoms with Crippen LogP contribution in [-0.4, -0.2) is 69.4 Å². The fraction of sp³-hybridized carbons (Fsp3) is 0.353. The number of aromatic nitrogens is 3. The number of aryl methyl sites for hydroxylation is 1. The molecule has 1 aromatic carbocycles. The molecule has 2 aromatic rings. The van der Waals surface area contributed by atoms with Crippen molar-refractivity contribution in [2.24, 2.45) is 0 Å². The number of benzene rings is 1. The SMILES string of the molecule is COC(=O)c1cccc(C)c1S(=O)(=O)NC(=O)Nc1nc(OCC(F)(F)F)nc(N(C)C)n1.[H-].[Na+]. The van der Waals surface area contributed by atoms with Gasteiger partial charge in [0.05, 0.1) is 12.7 Å². The first-order valence-corrected chi connectivity index (χ1v) is 10.4. The number of rotatable bonds is 7. The van der Waals surface area contributed by atoms with Gasteiger partial charge in [-0.15, -0.1) is 0 Å². The van der Waals surface area contributed by atoms with E-state index >= 15 is 0 Å². The minimum Gasteiger partial charge on any atom is -1.00 e. The predicted molar refractivity (Wildman–Crippen MR) is 109 cm³/mol. The van der Waals surface area contributed by atoms with Crippen molar-refractivity contribution < 1.29 is 71.6 Å². The first kappa shape index (κ1) is 29.3.